The second kappa shape index (κ2) is 9.48. The summed E-state index contributed by atoms with van der Waals surface area (Å²) in [4.78, 5) is 12.4. The fraction of sp³-hybridized carbons (Fsp3) is 0.250. The maximum absolute atomic E-state index is 12.6. The molecule has 0 bridgehead atoms. The van der Waals surface area contributed by atoms with E-state index in [1.54, 1.807) is 6.92 Å². The second-order valence-corrected chi connectivity index (χ2v) is 7.53. The lowest BCUT2D eigenvalue weighted by atomic mass is 10.2. The van der Waals surface area contributed by atoms with Crippen LogP contribution < -0.4 is 10.1 Å². The number of hydrogen-bond acceptors (Lipinski definition) is 5. The third-order valence-electron chi connectivity index (χ3n) is 4.28. The molecule has 1 heterocycles. The van der Waals surface area contributed by atoms with E-state index in [4.69, 9.17) is 4.74 Å². The quantitative estimate of drug-likeness (QED) is 0.520. The molecule has 1 unspecified atom stereocenters. The zero-order valence-electron chi connectivity index (χ0n) is 16.2. The van der Waals surface area contributed by atoms with Crippen molar-refractivity contribution < 1.29 is 27.8 Å². The van der Waals surface area contributed by atoms with Gasteiger partial charge in [0.15, 0.2) is 5.69 Å². The Hall–Kier alpha value is -2.92. The van der Waals surface area contributed by atoms with E-state index in [0.717, 1.165) is 34.4 Å². The molecule has 0 fully saturated rings. The summed E-state index contributed by atoms with van der Waals surface area (Å²) in [5.74, 6) is -0.349. The van der Waals surface area contributed by atoms with Crippen LogP contribution in [0.4, 0.5) is 13.2 Å². The van der Waals surface area contributed by atoms with Crippen LogP contribution in [0.2, 0.25) is 0 Å². The molecule has 0 radical (unpaired) electrons. The second-order valence-electron chi connectivity index (χ2n) is 6.61. The van der Waals surface area contributed by atoms with Crippen molar-refractivity contribution in [3.05, 3.63) is 70.0 Å². The van der Waals surface area contributed by atoms with Gasteiger partial charge in [0.25, 0.3) is 5.91 Å². The number of ether oxygens (including phenoxy) is 1. The molecule has 0 aliphatic carbocycles. The molecule has 2 aromatic carbocycles. The third kappa shape index (κ3) is 5.82. The summed E-state index contributed by atoms with van der Waals surface area (Å²) < 4.78 is 45.3. The predicted molar refractivity (Wildman–Crippen MR) is 109 cm³/mol. The first-order chi connectivity index (χ1) is 14.6. The molecule has 31 heavy (non-hydrogen) atoms. The molecule has 0 saturated heterocycles. The molecule has 0 saturated carbocycles. The van der Waals surface area contributed by atoms with Crippen molar-refractivity contribution in [3.63, 3.8) is 0 Å². The van der Waals surface area contributed by atoms with Crippen molar-refractivity contribution in [3.8, 4) is 11.4 Å². The number of aliphatic hydroxyl groups excluding tert-OH is 1. The van der Waals surface area contributed by atoms with Crippen LogP contribution in [0.1, 0.15) is 21.7 Å². The average molecular weight is 499 g/mol. The fourth-order valence-corrected chi connectivity index (χ4v) is 3.06. The number of aromatic nitrogens is 3. The van der Waals surface area contributed by atoms with Gasteiger partial charge in [0.05, 0.1) is 16.9 Å². The molecule has 11 heteroatoms. The summed E-state index contributed by atoms with van der Waals surface area (Å²) >= 11 is 3.37. The van der Waals surface area contributed by atoms with Gasteiger partial charge >= 0.3 is 6.18 Å². The smallest absolute Gasteiger partial charge is 0.416 e. The SMILES string of the molecule is Cc1c(C(=O)NCC(O)COc2ccc(C(F)(F)F)cc2)nnn1-c1cccc(Br)c1. The van der Waals surface area contributed by atoms with E-state index in [9.17, 15) is 23.1 Å². The maximum Gasteiger partial charge on any atom is 0.416 e. The lowest BCUT2D eigenvalue weighted by molar-refractivity contribution is -0.137. The normalized spacial score (nSPS) is 12.5. The summed E-state index contributed by atoms with van der Waals surface area (Å²) in [5, 5.41) is 20.4. The predicted octanol–water partition coefficient (Wildman–Crippen LogP) is 3.53. The van der Waals surface area contributed by atoms with E-state index in [1.165, 1.54) is 4.68 Å². The summed E-state index contributed by atoms with van der Waals surface area (Å²) in [6, 6.07) is 11.4. The molecule has 3 rings (SSSR count). The summed E-state index contributed by atoms with van der Waals surface area (Å²) in [7, 11) is 0. The number of aliphatic hydroxyl groups is 1. The van der Waals surface area contributed by atoms with E-state index in [1.807, 2.05) is 24.3 Å². The van der Waals surface area contributed by atoms with Crippen LogP contribution in [0, 0.1) is 6.92 Å². The Bertz CT molecular complexity index is 1050. The van der Waals surface area contributed by atoms with Crippen LogP contribution in [0.5, 0.6) is 5.75 Å². The molecule has 1 atom stereocenters. The Kier molecular flexibility index (Phi) is 6.96. The standard InChI is InChI=1S/C20H18BrF3N4O3/c1-12-18(26-27-28(12)15-4-2-3-14(21)9-15)19(30)25-10-16(29)11-31-17-7-5-13(6-8-17)20(22,23)24/h2-9,16,29H,10-11H2,1H3,(H,25,30). The summed E-state index contributed by atoms with van der Waals surface area (Å²) in [6.07, 6.45) is -5.51. The van der Waals surface area contributed by atoms with Crippen LogP contribution in [0.15, 0.2) is 53.0 Å². The van der Waals surface area contributed by atoms with E-state index in [-0.39, 0.29) is 24.6 Å². The van der Waals surface area contributed by atoms with Crippen LogP contribution in [0.3, 0.4) is 0 Å². The molecule has 2 N–H and O–H groups in total. The Morgan fingerprint density at radius 2 is 1.97 bits per heavy atom. The first-order valence-electron chi connectivity index (χ1n) is 9.09. The molecule has 0 aliphatic rings. The highest BCUT2D eigenvalue weighted by molar-refractivity contribution is 9.10. The van der Waals surface area contributed by atoms with Gasteiger partial charge in [-0.05, 0) is 49.4 Å². The van der Waals surface area contributed by atoms with Crippen LogP contribution in [0.25, 0.3) is 5.69 Å². The van der Waals surface area contributed by atoms with Gasteiger partial charge in [-0.2, -0.15) is 13.2 Å². The minimum atomic E-state index is -4.43. The lowest BCUT2D eigenvalue weighted by Gasteiger charge is -2.14. The maximum atomic E-state index is 12.6. The van der Waals surface area contributed by atoms with Gasteiger partial charge in [0.1, 0.15) is 18.5 Å². The van der Waals surface area contributed by atoms with Gasteiger partial charge in [0, 0.05) is 11.0 Å². The van der Waals surface area contributed by atoms with Crippen molar-refractivity contribution in [2.24, 2.45) is 0 Å². The molecule has 0 spiro atoms. The molecule has 1 aromatic heterocycles. The van der Waals surface area contributed by atoms with Crippen LogP contribution in [-0.4, -0.2) is 45.3 Å². The van der Waals surface area contributed by atoms with Gasteiger partial charge in [0.2, 0.25) is 0 Å². The first-order valence-corrected chi connectivity index (χ1v) is 9.89. The number of benzene rings is 2. The van der Waals surface area contributed by atoms with Crippen LogP contribution in [-0.2, 0) is 6.18 Å². The van der Waals surface area contributed by atoms with Gasteiger partial charge in [-0.3, -0.25) is 4.79 Å². The molecular formula is C20H18BrF3N4O3. The highest BCUT2D eigenvalue weighted by Crippen LogP contribution is 2.30. The van der Waals surface area contributed by atoms with Crippen molar-refractivity contribution >= 4 is 21.8 Å². The summed E-state index contributed by atoms with van der Waals surface area (Å²) in [5.41, 5.74) is 0.560. The Labute approximate surface area is 184 Å². The zero-order valence-corrected chi connectivity index (χ0v) is 17.8. The van der Waals surface area contributed by atoms with E-state index < -0.39 is 23.8 Å². The molecule has 3 aromatic rings. The first kappa shape index (κ1) is 22.8. The largest absolute Gasteiger partial charge is 0.491 e. The number of carbonyl (C=O) groups is 1. The van der Waals surface area contributed by atoms with Gasteiger partial charge in [-0.25, -0.2) is 4.68 Å². The zero-order chi connectivity index (χ0) is 22.6. The Morgan fingerprint density at radius 3 is 2.61 bits per heavy atom. The number of nitrogens with zero attached hydrogens (tertiary/aromatic N) is 3. The molecule has 7 nitrogen and oxygen atoms in total. The number of hydrogen-bond donors (Lipinski definition) is 2. The molecular weight excluding hydrogens is 481 g/mol. The van der Waals surface area contributed by atoms with Crippen molar-refractivity contribution in [1.29, 1.82) is 0 Å². The number of halogens is 4. The highest BCUT2D eigenvalue weighted by Gasteiger charge is 2.30. The lowest BCUT2D eigenvalue weighted by Crippen LogP contribution is -2.35. The number of rotatable bonds is 7. The molecule has 164 valence electrons. The van der Waals surface area contributed by atoms with Gasteiger partial charge < -0.3 is 15.2 Å². The fourth-order valence-electron chi connectivity index (χ4n) is 2.68. The van der Waals surface area contributed by atoms with E-state index >= 15 is 0 Å². The number of nitrogens with one attached hydrogen (secondary N) is 1. The van der Waals surface area contributed by atoms with E-state index in [2.05, 4.69) is 31.6 Å². The van der Waals surface area contributed by atoms with E-state index in [0.29, 0.717) is 5.69 Å². The van der Waals surface area contributed by atoms with Crippen molar-refractivity contribution in [2.75, 3.05) is 13.2 Å². The van der Waals surface area contributed by atoms with Crippen LogP contribution >= 0.6 is 15.9 Å². The number of alkyl halides is 3. The highest BCUT2D eigenvalue weighted by atomic mass is 79.9. The summed E-state index contributed by atoms with van der Waals surface area (Å²) in [6.45, 7) is 1.35. The third-order valence-corrected chi connectivity index (χ3v) is 4.78. The monoisotopic (exact) mass is 498 g/mol. The molecule has 1 amide bonds. The number of carbonyl (C=O) groups excluding carboxylic acids is 1. The Morgan fingerprint density at radius 1 is 1.26 bits per heavy atom. The van der Waals surface area contributed by atoms with Gasteiger partial charge in [-0.15, -0.1) is 5.10 Å². The minimum Gasteiger partial charge on any atom is -0.491 e. The number of amides is 1. The van der Waals surface area contributed by atoms with Gasteiger partial charge in [-0.1, -0.05) is 27.2 Å². The van der Waals surface area contributed by atoms with Crippen molar-refractivity contribution in [1.82, 2.24) is 20.3 Å². The average Bonchev–Trinajstić information content (AvgIpc) is 3.11. The van der Waals surface area contributed by atoms with Crippen molar-refractivity contribution in [2.45, 2.75) is 19.2 Å². The molecule has 0 aliphatic heterocycles. The topological polar surface area (TPSA) is 89.3 Å². The Balaban J connectivity index is 1.52. The minimum absolute atomic E-state index is 0.107.